The van der Waals surface area contributed by atoms with E-state index < -0.39 is 0 Å². The number of aliphatic imine (C=N–C) groups is 1. The lowest BCUT2D eigenvalue weighted by atomic mass is 9.87. The van der Waals surface area contributed by atoms with Gasteiger partial charge in [-0.15, -0.1) is 0 Å². The van der Waals surface area contributed by atoms with Crippen molar-refractivity contribution < 1.29 is 4.74 Å². The zero-order chi connectivity index (χ0) is 17.8. The highest BCUT2D eigenvalue weighted by atomic mass is 16.5. The Labute approximate surface area is 155 Å². The molecular weight excluding hydrogens is 320 g/mol. The molecule has 0 aromatic carbocycles. The third-order valence-electron chi connectivity index (χ3n) is 5.53. The maximum Gasteiger partial charge on any atom is 0.118 e. The lowest BCUT2D eigenvalue weighted by Gasteiger charge is -2.21. The van der Waals surface area contributed by atoms with Gasteiger partial charge in [-0.2, -0.15) is 0 Å². The first-order valence-corrected chi connectivity index (χ1v) is 9.64. The molecular formula is C23H26N2O. The van der Waals surface area contributed by atoms with Gasteiger partial charge in [0, 0.05) is 30.4 Å². The summed E-state index contributed by atoms with van der Waals surface area (Å²) in [6, 6.07) is 4.08. The van der Waals surface area contributed by atoms with Crippen molar-refractivity contribution in [1.29, 1.82) is 0 Å². The van der Waals surface area contributed by atoms with E-state index in [-0.39, 0.29) is 0 Å². The lowest BCUT2D eigenvalue weighted by molar-refractivity contribution is 0.296. The van der Waals surface area contributed by atoms with E-state index >= 15 is 0 Å². The molecule has 1 aromatic heterocycles. The maximum atomic E-state index is 5.56. The van der Waals surface area contributed by atoms with Gasteiger partial charge in [-0.1, -0.05) is 23.8 Å². The molecule has 5 rings (SSSR count). The SMILES string of the molecule is COC1=C2CCCC(=C1)C(/C=C/C=C1\CCCN=C1c1cccnc1)C2. The summed E-state index contributed by atoms with van der Waals surface area (Å²) < 4.78 is 5.56. The molecule has 2 bridgehead atoms. The second kappa shape index (κ2) is 7.86. The second-order valence-corrected chi connectivity index (χ2v) is 7.21. The number of pyridine rings is 1. The molecule has 0 saturated heterocycles. The van der Waals surface area contributed by atoms with E-state index in [9.17, 15) is 0 Å². The van der Waals surface area contributed by atoms with Gasteiger partial charge >= 0.3 is 0 Å². The van der Waals surface area contributed by atoms with Gasteiger partial charge in [0.05, 0.1) is 12.8 Å². The van der Waals surface area contributed by atoms with E-state index in [4.69, 9.17) is 9.73 Å². The molecule has 0 radical (unpaired) electrons. The van der Waals surface area contributed by atoms with Crippen LogP contribution in [0.1, 0.15) is 44.1 Å². The molecule has 1 aromatic rings. The molecule has 1 fully saturated rings. The summed E-state index contributed by atoms with van der Waals surface area (Å²) in [5, 5.41) is 0. The predicted molar refractivity (Wildman–Crippen MR) is 106 cm³/mol. The van der Waals surface area contributed by atoms with Crippen LogP contribution in [0.5, 0.6) is 0 Å². The standard InChI is InChI=1S/C23H26N2O/c1-26-22-15-19-8-3-9-20(22)14-18(19)7-2-6-17-10-5-13-25-23(17)21-11-4-12-24-16-21/h2,4,6-7,11-12,15-16,18H,3,5,8-10,13-14H2,1H3/b7-2+,17-6+. The van der Waals surface area contributed by atoms with Gasteiger partial charge in [-0.3, -0.25) is 9.98 Å². The van der Waals surface area contributed by atoms with Crippen molar-refractivity contribution in [2.75, 3.05) is 13.7 Å². The molecule has 3 nitrogen and oxygen atoms in total. The van der Waals surface area contributed by atoms with Gasteiger partial charge in [0.1, 0.15) is 5.76 Å². The summed E-state index contributed by atoms with van der Waals surface area (Å²) in [6.45, 7) is 0.911. The highest BCUT2D eigenvalue weighted by Gasteiger charge is 2.25. The van der Waals surface area contributed by atoms with Gasteiger partial charge in [-0.25, -0.2) is 0 Å². The van der Waals surface area contributed by atoms with Crippen molar-refractivity contribution >= 4 is 5.71 Å². The van der Waals surface area contributed by atoms with Gasteiger partial charge in [0.15, 0.2) is 0 Å². The van der Waals surface area contributed by atoms with E-state index in [0.717, 1.165) is 42.8 Å². The van der Waals surface area contributed by atoms with E-state index in [0.29, 0.717) is 5.92 Å². The molecule has 3 aliphatic carbocycles. The van der Waals surface area contributed by atoms with Crippen LogP contribution in [-0.2, 0) is 4.74 Å². The van der Waals surface area contributed by atoms with Crippen LogP contribution in [0.3, 0.4) is 0 Å². The largest absolute Gasteiger partial charge is 0.497 e. The predicted octanol–water partition coefficient (Wildman–Crippen LogP) is 5.18. The number of aromatic nitrogens is 1. The van der Waals surface area contributed by atoms with Crippen LogP contribution in [0.15, 0.2) is 76.3 Å². The van der Waals surface area contributed by atoms with Gasteiger partial charge in [-0.05, 0) is 67.9 Å². The van der Waals surface area contributed by atoms with E-state index in [1.807, 2.05) is 18.5 Å². The average Bonchev–Trinajstić information content (AvgIpc) is 3.02. The third-order valence-corrected chi connectivity index (χ3v) is 5.53. The summed E-state index contributed by atoms with van der Waals surface area (Å²) in [7, 11) is 1.79. The number of nitrogens with zero attached hydrogens (tertiary/aromatic N) is 2. The fraction of sp³-hybridized carbons (Fsp3) is 0.391. The van der Waals surface area contributed by atoms with Crippen LogP contribution in [0.25, 0.3) is 0 Å². The highest BCUT2D eigenvalue weighted by molar-refractivity contribution is 6.12. The summed E-state index contributed by atoms with van der Waals surface area (Å²) in [6.07, 6.45) is 19.8. The van der Waals surface area contributed by atoms with Crippen molar-refractivity contribution in [1.82, 2.24) is 4.98 Å². The molecule has 1 unspecified atom stereocenters. The van der Waals surface area contributed by atoms with Gasteiger partial charge in [0.2, 0.25) is 0 Å². The molecule has 1 atom stereocenters. The van der Waals surface area contributed by atoms with Crippen LogP contribution in [-0.4, -0.2) is 24.4 Å². The Morgan fingerprint density at radius 2 is 2.15 bits per heavy atom. The molecule has 134 valence electrons. The first-order chi connectivity index (χ1) is 12.8. The number of methoxy groups -OCH3 is 1. The number of allylic oxidation sites excluding steroid dienone is 7. The Hall–Kier alpha value is -2.42. The van der Waals surface area contributed by atoms with Crippen molar-refractivity contribution in [3.8, 4) is 0 Å². The normalized spacial score (nSPS) is 24.7. The Morgan fingerprint density at radius 3 is 3.00 bits per heavy atom. The molecule has 1 aliphatic heterocycles. The molecule has 0 spiro atoms. The van der Waals surface area contributed by atoms with Crippen LogP contribution >= 0.6 is 0 Å². The maximum absolute atomic E-state index is 5.56. The Balaban J connectivity index is 1.52. The highest BCUT2D eigenvalue weighted by Crippen LogP contribution is 2.39. The Kier molecular flexibility index (Phi) is 5.14. The summed E-state index contributed by atoms with van der Waals surface area (Å²) >= 11 is 0. The number of ether oxygens (including phenoxy) is 1. The second-order valence-electron chi connectivity index (χ2n) is 7.21. The minimum atomic E-state index is 0.519. The Bertz CT molecular complexity index is 812. The zero-order valence-corrected chi connectivity index (χ0v) is 15.4. The number of fused-ring (bicyclic) bond motifs is 4. The fourth-order valence-corrected chi connectivity index (χ4v) is 4.19. The molecule has 4 aliphatic rings. The summed E-state index contributed by atoms with van der Waals surface area (Å²) in [5.74, 6) is 1.63. The lowest BCUT2D eigenvalue weighted by Crippen LogP contribution is -2.12. The van der Waals surface area contributed by atoms with Crippen molar-refractivity contribution in [2.24, 2.45) is 10.9 Å². The minimum Gasteiger partial charge on any atom is -0.497 e. The number of hydrogen-bond donors (Lipinski definition) is 0. The fourth-order valence-electron chi connectivity index (χ4n) is 4.19. The number of hydrogen-bond acceptors (Lipinski definition) is 3. The first kappa shape index (κ1) is 17.0. The number of rotatable bonds is 4. The Morgan fingerprint density at radius 1 is 1.19 bits per heavy atom. The molecule has 0 amide bonds. The van der Waals surface area contributed by atoms with Crippen molar-refractivity contribution in [2.45, 2.75) is 38.5 Å². The smallest absolute Gasteiger partial charge is 0.118 e. The van der Waals surface area contributed by atoms with Gasteiger partial charge < -0.3 is 4.74 Å². The first-order valence-electron chi connectivity index (χ1n) is 9.64. The quantitative estimate of drug-likeness (QED) is 0.753. The van der Waals surface area contributed by atoms with E-state index in [1.165, 1.54) is 36.0 Å². The minimum absolute atomic E-state index is 0.519. The van der Waals surface area contributed by atoms with E-state index in [1.54, 1.807) is 7.11 Å². The topological polar surface area (TPSA) is 34.5 Å². The summed E-state index contributed by atoms with van der Waals surface area (Å²) in [5.41, 5.74) is 6.55. The molecule has 26 heavy (non-hydrogen) atoms. The summed E-state index contributed by atoms with van der Waals surface area (Å²) in [4.78, 5) is 9.01. The molecule has 3 heteroatoms. The van der Waals surface area contributed by atoms with Crippen LogP contribution in [0.2, 0.25) is 0 Å². The zero-order valence-electron chi connectivity index (χ0n) is 15.4. The van der Waals surface area contributed by atoms with Gasteiger partial charge in [0.25, 0.3) is 0 Å². The molecule has 2 heterocycles. The van der Waals surface area contributed by atoms with Crippen LogP contribution in [0.4, 0.5) is 0 Å². The average molecular weight is 346 g/mol. The molecule has 1 saturated carbocycles. The molecule has 0 N–H and O–H groups in total. The van der Waals surface area contributed by atoms with Crippen molar-refractivity contribution in [3.63, 3.8) is 0 Å². The van der Waals surface area contributed by atoms with Crippen molar-refractivity contribution in [3.05, 3.63) is 76.9 Å². The third kappa shape index (κ3) is 3.57. The van der Waals surface area contributed by atoms with Crippen LogP contribution < -0.4 is 0 Å². The van der Waals surface area contributed by atoms with Crippen LogP contribution in [0, 0.1) is 5.92 Å². The van der Waals surface area contributed by atoms with E-state index in [2.05, 4.69) is 35.4 Å². The monoisotopic (exact) mass is 346 g/mol.